The fourth-order valence-corrected chi connectivity index (χ4v) is 3.44. The van der Waals surface area contributed by atoms with Crippen molar-refractivity contribution in [1.82, 2.24) is 4.90 Å². The number of benzene rings is 1. The number of aliphatic hydroxyl groups excluding tert-OH is 1. The molecular formula is C16H21F2NO2. The zero-order valence-corrected chi connectivity index (χ0v) is 12.0. The molecule has 21 heavy (non-hydrogen) atoms. The summed E-state index contributed by atoms with van der Waals surface area (Å²) in [6, 6.07) is 3.21. The van der Waals surface area contributed by atoms with E-state index in [0.29, 0.717) is 18.6 Å². The van der Waals surface area contributed by atoms with Crippen molar-refractivity contribution in [3.63, 3.8) is 0 Å². The molecule has 2 fully saturated rings. The van der Waals surface area contributed by atoms with Crippen molar-refractivity contribution < 1.29 is 18.6 Å². The van der Waals surface area contributed by atoms with E-state index < -0.39 is 17.7 Å². The third-order valence-corrected chi connectivity index (χ3v) is 4.55. The van der Waals surface area contributed by atoms with Gasteiger partial charge in [0.25, 0.3) is 0 Å². The molecule has 1 N–H and O–H groups in total. The van der Waals surface area contributed by atoms with Crippen LogP contribution >= 0.6 is 0 Å². The number of likely N-dealkylation sites (tertiary alicyclic amines) is 1. The number of hydrogen-bond acceptors (Lipinski definition) is 3. The lowest BCUT2D eigenvalue weighted by molar-refractivity contribution is -0.0716. The summed E-state index contributed by atoms with van der Waals surface area (Å²) in [7, 11) is 0. The van der Waals surface area contributed by atoms with Gasteiger partial charge in [0, 0.05) is 31.8 Å². The van der Waals surface area contributed by atoms with Crippen molar-refractivity contribution >= 4 is 0 Å². The highest BCUT2D eigenvalue weighted by molar-refractivity contribution is 5.21. The zero-order chi connectivity index (χ0) is 14.8. The van der Waals surface area contributed by atoms with Crippen molar-refractivity contribution in [1.29, 1.82) is 0 Å². The monoisotopic (exact) mass is 297 g/mol. The molecule has 3 nitrogen and oxygen atoms in total. The van der Waals surface area contributed by atoms with E-state index in [-0.39, 0.29) is 5.56 Å². The van der Waals surface area contributed by atoms with Crippen molar-refractivity contribution in [2.45, 2.75) is 31.5 Å². The second-order valence-corrected chi connectivity index (χ2v) is 6.04. The largest absolute Gasteiger partial charge is 0.387 e. The van der Waals surface area contributed by atoms with Crippen molar-refractivity contribution in [2.75, 3.05) is 26.2 Å². The quantitative estimate of drug-likeness (QED) is 0.930. The van der Waals surface area contributed by atoms with Crippen molar-refractivity contribution in [2.24, 2.45) is 5.92 Å². The molecule has 0 saturated carbocycles. The Balaban J connectivity index is 1.62. The molecule has 0 amide bonds. The lowest BCUT2D eigenvalue weighted by Crippen LogP contribution is -2.47. The van der Waals surface area contributed by atoms with E-state index in [1.807, 2.05) is 0 Å². The maximum Gasteiger partial charge on any atom is 0.129 e. The maximum absolute atomic E-state index is 13.7. The van der Waals surface area contributed by atoms with Crippen LogP contribution in [0.3, 0.4) is 0 Å². The molecule has 0 bridgehead atoms. The average molecular weight is 297 g/mol. The number of halogens is 2. The number of fused-ring (bicyclic) bond motifs is 1. The van der Waals surface area contributed by atoms with Gasteiger partial charge in [0.15, 0.2) is 0 Å². The van der Waals surface area contributed by atoms with Crippen LogP contribution in [0, 0.1) is 17.6 Å². The molecule has 2 saturated heterocycles. The predicted molar refractivity (Wildman–Crippen MR) is 74.8 cm³/mol. The number of β-amino-alcohol motifs (C(OH)–C–C–N with tert-alkyl or cyclic N) is 1. The zero-order valence-electron chi connectivity index (χ0n) is 12.0. The van der Waals surface area contributed by atoms with Crippen LogP contribution in [0.5, 0.6) is 0 Å². The molecule has 0 radical (unpaired) electrons. The highest BCUT2D eigenvalue weighted by atomic mass is 19.1. The van der Waals surface area contributed by atoms with E-state index in [9.17, 15) is 13.9 Å². The van der Waals surface area contributed by atoms with Crippen LogP contribution in [0.4, 0.5) is 8.78 Å². The number of hydrogen-bond donors (Lipinski definition) is 1. The number of aliphatic hydroxyl groups is 1. The van der Waals surface area contributed by atoms with E-state index in [2.05, 4.69) is 4.90 Å². The van der Waals surface area contributed by atoms with Gasteiger partial charge in [-0.1, -0.05) is 0 Å². The summed E-state index contributed by atoms with van der Waals surface area (Å²) in [5.74, 6) is -0.582. The minimum Gasteiger partial charge on any atom is -0.387 e. The molecule has 116 valence electrons. The molecule has 0 spiro atoms. The van der Waals surface area contributed by atoms with E-state index >= 15 is 0 Å². The fraction of sp³-hybridized carbons (Fsp3) is 0.625. The van der Waals surface area contributed by atoms with Gasteiger partial charge in [0.05, 0.1) is 12.2 Å². The minimum absolute atomic E-state index is 0.0389. The summed E-state index contributed by atoms with van der Waals surface area (Å²) in [4.78, 5) is 2.13. The molecule has 2 aliphatic rings. The number of nitrogens with zero attached hydrogens (tertiary/aromatic N) is 1. The topological polar surface area (TPSA) is 32.7 Å². The molecule has 0 aromatic heterocycles. The van der Waals surface area contributed by atoms with Crippen LogP contribution in [0.1, 0.15) is 30.9 Å². The van der Waals surface area contributed by atoms with Gasteiger partial charge in [-0.05, 0) is 43.4 Å². The maximum atomic E-state index is 13.7. The predicted octanol–water partition coefficient (Wildman–Crippen LogP) is 2.50. The third-order valence-electron chi connectivity index (χ3n) is 4.55. The summed E-state index contributed by atoms with van der Waals surface area (Å²) in [6.07, 6.45) is 2.50. The molecule has 5 heteroatoms. The smallest absolute Gasteiger partial charge is 0.129 e. The number of ether oxygens (including phenoxy) is 1. The Kier molecular flexibility index (Phi) is 4.52. The average Bonchev–Trinajstić information content (AvgIpc) is 2.49. The second kappa shape index (κ2) is 6.38. The van der Waals surface area contributed by atoms with Crippen LogP contribution in [-0.4, -0.2) is 42.4 Å². The van der Waals surface area contributed by atoms with Gasteiger partial charge >= 0.3 is 0 Å². The Hall–Kier alpha value is -1.04. The summed E-state index contributed by atoms with van der Waals surface area (Å²) < 4.78 is 32.6. The van der Waals surface area contributed by atoms with Gasteiger partial charge in [0.1, 0.15) is 11.6 Å². The molecule has 3 atom stereocenters. The van der Waals surface area contributed by atoms with E-state index in [0.717, 1.165) is 57.2 Å². The Morgan fingerprint density at radius 1 is 1.33 bits per heavy atom. The summed E-state index contributed by atoms with van der Waals surface area (Å²) in [5, 5.41) is 10.2. The Labute approximate surface area is 123 Å². The standard InChI is InChI=1S/C16H21F2NO2/c17-12-3-4-14(18)13(8-12)15(20)10-19-6-5-16-11(9-19)2-1-7-21-16/h3-4,8,11,15-16,20H,1-2,5-7,9-10H2. The van der Waals surface area contributed by atoms with Gasteiger partial charge < -0.3 is 9.84 Å². The SMILES string of the molecule is OC(CN1CCC2OCCCC2C1)c1cc(F)ccc1F. The van der Waals surface area contributed by atoms with Crippen LogP contribution in [0.25, 0.3) is 0 Å². The van der Waals surface area contributed by atoms with Crippen LogP contribution in [0.2, 0.25) is 0 Å². The molecule has 3 unspecified atom stereocenters. The number of piperidine rings is 1. The Bertz CT molecular complexity index is 497. The van der Waals surface area contributed by atoms with Crippen molar-refractivity contribution in [3.8, 4) is 0 Å². The van der Waals surface area contributed by atoms with E-state index in [1.165, 1.54) is 0 Å². The highest BCUT2D eigenvalue weighted by Crippen LogP contribution is 2.29. The Morgan fingerprint density at radius 3 is 3.05 bits per heavy atom. The molecule has 1 aromatic rings. The molecule has 0 aliphatic carbocycles. The highest BCUT2D eigenvalue weighted by Gasteiger charge is 2.32. The molecule has 1 aromatic carbocycles. The molecular weight excluding hydrogens is 276 g/mol. The summed E-state index contributed by atoms with van der Waals surface area (Å²) in [5.41, 5.74) is 0.0389. The van der Waals surface area contributed by atoms with Gasteiger partial charge in [-0.15, -0.1) is 0 Å². The van der Waals surface area contributed by atoms with Gasteiger partial charge in [0.2, 0.25) is 0 Å². The van der Waals surface area contributed by atoms with E-state index in [1.54, 1.807) is 0 Å². The third kappa shape index (κ3) is 3.42. The second-order valence-electron chi connectivity index (χ2n) is 6.04. The summed E-state index contributed by atoms with van der Waals surface area (Å²) in [6.45, 7) is 2.87. The van der Waals surface area contributed by atoms with E-state index in [4.69, 9.17) is 4.74 Å². The lowest BCUT2D eigenvalue weighted by atomic mass is 9.88. The first-order chi connectivity index (χ1) is 10.1. The normalized spacial score (nSPS) is 28.1. The molecule has 2 heterocycles. The van der Waals surface area contributed by atoms with Crippen molar-refractivity contribution in [3.05, 3.63) is 35.4 Å². The van der Waals surface area contributed by atoms with Crippen LogP contribution in [-0.2, 0) is 4.74 Å². The van der Waals surface area contributed by atoms with Crippen LogP contribution < -0.4 is 0 Å². The van der Waals surface area contributed by atoms with Crippen LogP contribution in [0.15, 0.2) is 18.2 Å². The number of rotatable bonds is 3. The fourth-order valence-electron chi connectivity index (χ4n) is 3.44. The van der Waals surface area contributed by atoms with Gasteiger partial charge in [-0.2, -0.15) is 0 Å². The molecule has 2 aliphatic heterocycles. The summed E-state index contributed by atoms with van der Waals surface area (Å²) >= 11 is 0. The molecule has 3 rings (SSSR count). The van der Waals surface area contributed by atoms with Gasteiger partial charge in [-0.25, -0.2) is 8.78 Å². The Morgan fingerprint density at radius 2 is 2.19 bits per heavy atom. The first kappa shape index (κ1) is 14.9. The lowest BCUT2D eigenvalue weighted by Gasteiger charge is -2.41. The first-order valence-corrected chi connectivity index (χ1v) is 7.60. The van der Waals surface area contributed by atoms with Gasteiger partial charge in [-0.3, -0.25) is 4.90 Å². The minimum atomic E-state index is -0.998. The first-order valence-electron chi connectivity index (χ1n) is 7.60.